The summed E-state index contributed by atoms with van der Waals surface area (Å²) in [5.74, 6) is -14.8. The standard InChI is InChI=1S/C85H95Cl4N11O28/c1-32(2)15-48(92-5)77(115)98-63-65(106)36-10-13-52(46(88)20-36)122-54-22-38-23-55(72(54)127-84-70(111)68(109)73(57(31-101)125-84)128-83-69(110)67(108)66(107)56(124-83)30-93-29-34-7-6-8-42(16-34)94-75(113)39-17-40(86)24-41(87)18-39)123-53-14-11-37(21-47(53)89)71(126-59-28-85(4,91)74(112)33(3)121-59)64-82(120)100-76(114)45-25-43(102)26-51(104)60(45)44-19-35(9-12-50(44)103)61(79(117)99-64)97-80(118)62(38)96-78(116)49(27-58(90)105)95-81(63)119/h6-14,16-26,32-33,48-49,56-57,59,61-71,73-74,76,83-84,92-93,101-104,106-112,114H,15,27-31,91H2,1-5H3,(H2,90,105)(H,94,113)(H,95,119)(H,96,116)(H,97,118)(H,98,115)(H,99,117)(H,100,120)/t33-,48+,49+,56+,57+,59-,61+,62+,63?,64-,65+,66-,67-,68+,69+,70+,71+,73+,74-,76-,83-,84-,85-/m0/s1. The van der Waals surface area contributed by atoms with Crippen molar-refractivity contribution in [3.8, 4) is 57.1 Å². The molecule has 11 bridgehead atoms. The van der Waals surface area contributed by atoms with Crippen LogP contribution < -0.4 is 73.5 Å². The molecule has 3 fully saturated rings. The molecular weight excluding hydrogens is 1760 g/mol. The first-order valence-corrected chi connectivity index (χ1v) is 41.8. The Balaban J connectivity index is 0.935. The van der Waals surface area contributed by atoms with Crippen LogP contribution in [0.25, 0.3) is 11.1 Å². The summed E-state index contributed by atoms with van der Waals surface area (Å²) in [5.41, 5.74) is 9.61. The van der Waals surface area contributed by atoms with Crippen LogP contribution in [0.2, 0.25) is 20.1 Å². The van der Waals surface area contributed by atoms with Gasteiger partial charge in [-0.15, -0.1) is 0 Å². The maximum Gasteiger partial charge on any atom is 0.255 e. The van der Waals surface area contributed by atoms with Gasteiger partial charge in [0.2, 0.25) is 53.4 Å². The summed E-state index contributed by atoms with van der Waals surface area (Å²) in [6.07, 6.45) is -31.5. The number of nitrogens with two attached hydrogens (primary N) is 2. The average Bonchev–Trinajstić information content (AvgIpc) is 0.771. The molecule has 1 unspecified atom stereocenters. The molecule has 8 aliphatic heterocycles. The summed E-state index contributed by atoms with van der Waals surface area (Å²) in [6, 6.07) is 12.8. The summed E-state index contributed by atoms with van der Waals surface area (Å²) in [7, 11) is 1.46. The molecule has 3 saturated heterocycles. The SMILES string of the molecule is CN[C@H](CC(C)C)C(=O)NC1C(=O)N[C@H](CC(N)=O)C(=O)N[C@H]2C(=O)N[C@H]3C(=O)N[C@H](C(=O)N[C@@H](O)c4cc(O)cc(O)c4-c4cc3ccc4O)[C@H](O[C@H]3C[C@](C)(N)[C@@H](O)[C@H](C)O3)c3ccc(c(Cl)c3)Oc3cc2cc(c3O[C@@H]2O[C@H](CO)[C@@H](O[C@@H]3O[C@H](CNCc4cccc(NC(=O)c5cc(Cl)cc(Cl)c5)c4)[C@H](O)[C@H](O)[C@H]3O)[C@H](O)[C@H]2O)Oc2ccc(cc2Cl)[C@H]1O. The maximum atomic E-state index is 16.4. The van der Waals surface area contributed by atoms with Gasteiger partial charge in [0, 0.05) is 69.1 Å². The summed E-state index contributed by atoms with van der Waals surface area (Å²) in [5, 5.41) is 164. The lowest BCUT2D eigenvalue weighted by molar-refractivity contribution is -0.350. The van der Waals surface area contributed by atoms with Gasteiger partial charge in [-0.3, -0.25) is 38.4 Å². The predicted octanol–water partition coefficient (Wildman–Crippen LogP) is 2.15. The second-order valence-electron chi connectivity index (χ2n) is 32.4. The third-order valence-electron chi connectivity index (χ3n) is 22.4. The van der Waals surface area contributed by atoms with E-state index in [9.17, 15) is 75.7 Å². The number of aromatic hydroxyl groups is 3. The lowest BCUT2D eigenvalue weighted by atomic mass is 9.86. The smallest absolute Gasteiger partial charge is 0.255 e. The molecule has 8 aliphatic rings. The average molecular weight is 1860 g/mol. The van der Waals surface area contributed by atoms with Gasteiger partial charge in [-0.2, -0.15) is 0 Å². The fraction of sp³-hybridized carbons (Fsp3) is 0.412. The molecule has 15 rings (SSSR count). The molecule has 128 heavy (non-hydrogen) atoms. The number of carbonyl (C=O) groups is 8. The van der Waals surface area contributed by atoms with Crippen LogP contribution in [0.5, 0.6) is 46.0 Å². The Hall–Kier alpha value is -10.4. The molecule has 7 aromatic carbocycles. The Kier molecular flexibility index (Phi) is 29.7. The van der Waals surface area contributed by atoms with E-state index in [4.69, 9.17) is 95.8 Å². The minimum atomic E-state index is -2.41. The zero-order chi connectivity index (χ0) is 92.5. The fourth-order valence-electron chi connectivity index (χ4n) is 15.8. The van der Waals surface area contributed by atoms with Crippen LogP contribution in [0.3, 0.4) is 0 Å². The molecule has 0 spiro atoms. The zero-order valence-electron chi connectivity index (χ0n) is 68.6. The summed E-state index contributed by atoms with van der Waals surface area (Å²) in [4.78, 5) is 119. The predicted molar refractivity (Wildman–Crippen MR) is 452 cm³/mol. The van der Waals surface area contributed by atoms with Crippen molar-refractivity contribution in [2.75, 3.05) is 25.5 Å². The van der Waals surface area contributed by atoms with Gasteiger partial charge < -0.3 is 158 Å². The number of primary amides is 1. The molecule has 8 amide bonds. The van der Waals surface area contributed by atoms with Gasteiger partial charge in [0.25, 0.3) is 5.91 Å². The molecular formula is C85H95Cl4N11O28. The molecule has 0 saturated carbocycles. The van der Waals surface area contributed by atoms with Crippen LogP contribution in [0.1, 0.15) is 121 Å². The first kappa shape index (κ1) is 95.2. The van der Waals surface area contributed by atoms with E-state index >= 15 is 24.0 Å². The number of fused-ring (bicyclic) bond motifs is 15. The Labute approximate surface area is 749 Å². The molecule has 8 heterocycles. The Morgan fingerprint density at radius 3 is 1.91 bits per heavy atom. The van der Waals surface area contributed by atoms with Crippen LogP contribution in [0, 0.1) is 5.92 Å². The number of anilines is 1. The highest BCUT2D eigenvalue weighted by Gasteiger charge is 2.53. The van der Waals surface area contributed by atoms with Crippen LogP contribution in [-0.4, -0.2) is 238 Å². The van der Waals surface area contributed by atoms with Crippen LogP contribution in [0.15, 0.2) is 121 Å². The first-order valence-electron chi connectivity index (χ1n) is 40.3. The van der Waals surface area contributed by atoms with Gasteiger partial charge in [-0.25, -0.2) is 0 Å². The number of halogens is 4. The number of ether oxygens (including phenoxy) is 8. The minimum Gasteiger partial charge on any atom is -0.508 e. The number of amides is 8. The number of carbonyl (C=O) groups excluding carboxylic acids is 8. The number of hydrogen-bond acceptors (Lipinski definition) is 31. The van der Waals surface area contributed by atoms with Crippen molar-refractivity contribution >= 4 is 99.3 Å². The van der Waals surface area contributed by atoms with Gasteiger partial charge in [0.15, 0.2) is 30.3 Å². The number of nitrogens with one attached hydrogen (secondary N) is 9. The van der Waals surface area contributed by atoms with E-state index in [0.717, 1.165) is 54.6 Å². The van der Waals surface area contributed by atoms with E-state index < -0.39 is 279 Å². The monoisotopic (exact) mass is 1860 g/mol. The Morgan fingerprint density at radius 2 is 1.27 bits per heavy atom. The molecule has 43 heteroatoms. The lowest BCUT2D eigenvalue weighted by Crippen LogP contribution is -2.65. The number of benzene rings is 7. The van der Waals surface area contributed by atoms with Crippen LogP contribution in [0.4, 0.5) is 5.69 Å². The number of likely N-dealkylation sites (N-methyl/N-ethyl adjacent to an activating group) is 1. The number of rotatable bonds is 20. The maximum absolute atomic E-state index is 16.4. The molecule has 7 aromatic rings. The molecule has 0 aromatic heterocycles. The van der Waals surface area contributed by atoms with Crippen molar-refractivity contribution in [3.05, 3.63) is 180 Å². The second-order valence-corrected chi connectivity index (χ2v) is 34.1. The number of hydrogen-bond donors (Lipinski definition) is 23. The van der Waals surface area contributed by atoms with Gasteiger partial charge in [-0.05, 0) is 146 Å². The summed E-state index contributed by atoms with van der Waals surface area (Å²) < 4.78 is 51.3. The van der Waals surface area contributed by atoms with Gasteiger partial charge in [0.05, 0.1) is 41.3 Å². The first-order chi connectivity index (χ1) is 60.6. The number of aliphatic hydroxyl groups excluding tert-OH is 9. The molecule has 0 radical (unpaired) electrons. The molecule has 23 atom stereocenters. The van der Waals surface area contributed by atoms with Crippen molar-refractivity contribution in [3.63, 3.8) is 0 Å². The summed E-state index contributed by atoms with van der Waals surface area (Å²) in [6.45, 7) is 5.24. The zero-order valence-corrected chi connectivity index (χ0v) is 71.7. The van der Waals surface area contributed by atoms with Gasteiger partial charge >= 0.3 is 0 Å². The number of phenolic OH excluding ortho intramolecular Hbond substituents is 3. The van der Waals surface area contributed by atoms with E-state index in [2.05, 4.69) is 47.9 Å². The van der Waals surface area contributed by atoms with Crippen molar-refractivity contribution in [1.29, 1.82) is 0 Å². The van der Waals surface area contributed by atoms with E-state index in [1.807, 2.05) is 13.8 Å². The molecule has 0 aliphatic carbocycles. The topological polar surface area (TPSA) is 613 Å². The molecule has 686 valence electrons. The van der Waals surface area contributed by atoms with Crippen LogP contribution >= 0.6 is 46.4 Å². The molecule has 25 N–H and O–H groups in total. The quantitative estimate of drug-likeness (QED) is 0.0520. The van der Waals surface area contributed by atoms with Gasteiger partial charge in [0.1, 0.15) is 120 Å². The van der Waals surface area contributed by atoms with Crippen molar-refractivity contribution in [1.82, 2.24) is 42.5 Å². The number of phenols is 3. The lowest BCUT2D eigenvalue weighted by Gasteiger charge is -2.46. The van der Waals surface area contributed by atoms with E-state index in [0.29, 0.717) is 11.3 Å². The van der Waals surface area contributed by atoms with E-state index in [1.54, 1.807) is 24.3 Å². The van der Waals surface area contributed by atoms with E-state index in [-0.39, 0.29) is 64.1 Å². The number of aliphatic hydroxyl groups is 9. The third-order valence-corrected chi connectivity index (χ3v) is 23.4. The van der Waals surface area contributed by atoms with Crippen molar-refractivity contribution in [2.24, 2.45) is 17.4 Å². The van der Waals surface area contributed by atoms with Crippen LogP contribution in [-0.2, 0) is 63.8 Å². The second kappa shape index (κ2) is 39.9. The highest BCUT2D eigenvalue weighted by atomic mass is 35.5. The van der Waals surface area contributed by atoms with Crippen molar-refractivity contribution in [2.45, 2.75) is 194 Å². The third kappa shape index (κ3) is 21.2. The Bertz CT molecular complexity index is 5350. The highest BCUT2D eigenvalue weighted by Crippen LogP contribution is 2.50. The largest absolute Gasteiger partial charge is 0.508 e. The van der Waals surface area contributed by atoms with Crippen molar-refractivity contribution < 1.29 is 138 Å². The Morgan fingerprint density at radius 1 is 0.633 bits per heavy atom. The fourth-order valence-corrected chi connectivity index (χ4v) is 16.8. The molecule has 39 nitrogen and oxygen atoms in total. The normalized spacial score (nSPS) is 29.3. The highest BCUT2D eigenvalue weighted by molar-refractivity contribution is 6.35. The minimum absolute atomic E-state index is 0.0566. The van der Waals surface area contributed by atoms with E-state index in [1.165, 1.54) is 63.4 Å². The summed E-state index contributed by atoms with van der Waals surface area (Å²) >= 11 is 26.8. The van der Waals surface area contributed by atoms with Gasteiger partial charge in [-0.1, -0.05) is 90.6 Å².